The van der Waals surface area contributed by atoms with Gasteiger partial charge in [-0.2, -0.15) is 5.10 Å². The maximum absolute atomic E-state index is 12.7. The second-order valence-corrected chi connectivity index (χ2v) is 6.32. The number of aromatic nitrogens is 2. The van der Waals surface area contributed by atoms with Gasteiger partial charge in [0.05, 0.1) is 14.2 Å². The number of nitrogens with one attached hydrogen (secondary N) is 1. The molecule has 1 aliphatic rings. The summed E-state index contributed by atoms with van der Waals surface area (Å²) in [7, 11) is 3.25. The Morgan fingerprint density at radius 1 is 1.17 bits per heavy atom. The highest BCUT2D eigenvalue weighted by Gasteiger charge is 2.25. The molecule has 0 spiro atoms. The Hall–Kier alpha value is -2.50. The SMILES string of the molecule is COc1cc2c(cc1OC)CN(C(=O)c1cc(C(C)C)[nH]n1)CC2. The van der Waals surface area contributed by atoms with Crippen molar-refractivity contribution in [2.45, 2.75) is 32.7 Å². The largest absolute Gasteiger partial charge is 0.493 e. The molecular weight excluding hydrogens is 306 g/mol. The Kier molecular flexibility index (Phi) is 4.46. The third kappa shape index (κ3) is 2.96. The molecule has 0 saturated heterocycles. The van der Waals surface area contributed by atoms with Crippen LogP contribution in [0.5, 0.6) is 11.5 Å². The molecule has 0 aliphatic carbocycles. The summed E-state index contributed by atoms with van der Waals surface area (Å²) < 4.78 is 10.7. The van der Waals surface area contributed by atoms with Crippen LogP contribution in [0.15, 0.2) is 18.2 Å². The van der Waals surface area contributed by atoms with Gasteiger partial charge in [-0.3, -0.25) is 9.89 Å². The zero-order valence-corrected chi connectivity index (χ0v) is 14.5. The number of amides is 1. The molecule has 1 amide bonds. The number of carbonyl (C=O) groups is 1. The summed E-state index contributed by atoms with van der Waals surface area (Å²) >= 11 is 0. The smallest absolute Gasteiger partial charge is 0.274 e. The van der Waals surface area contributed by atoms with Gasteiger partial charge in [-0.05, 0) is 41.7 Å². The topological polar surface area (TPSA) is 67.5 Å². The molecular formula is C18H23N3O3. The lowest BCUT2D eigenvalue weighted by Gasteiger charge is -2.29. The van der Waals surface area contributed by atoms with Crippen LogP contribution in [-0.2, 0) is 13.0 Å². The molecule has 2 heterocycles. The minimum atomic E-state index is -0.0430. The number of methoxy groups -OCH3 is 2. The van der Waals surface area contributed by atoms with Crippen molar-refractivity contribution >= 4 is 5.91 Å². The minimum absolute atomic E-state index is 0.0430. The Balaban J connectivity index is 1.82. The molecule has 2 aromatic rings. The van der Waals surface area contributed by atoms with Crippen LogP contribution in [0.1, 0.15) is 47.1 Å². The summed E-state index contributed by atoms with van der Waals surface area (Å²) in [5.74, 6) is 1.69. The molecule has 1 N–H and O–H groups in total. The molecule has 0 fully saturated rings. The number of aromatic amines is 1. The highest BCUT2D eigenvalue weighted by molar-refractivity contribution is 5.92. The van der Waals surface area contributed by atoms with Gasteiger partial charge in [-0.15, -0.1) is 0 Å². The molecule has 0 atom stereocenters. The number of hydrogen-bond donors (Lipinski definition) is 1. The van der Waals surface area contributed by atoms with Gasteiger partial charge in [-0.1, -0.05) is 13.8 Å². The molecule has 6 nitrogen and oxygen atoms in total. The van der Waals surface area contributed by atoms with Crippen molar-refractivity contribution in [2.24, 2.45) is 0 Å². The number of hydrogen-bond acceptors (Lipinski definition) is 4. The van der Waals surface area contributed by atoms with Gasteiger partial charge >= 0.3 is 0 Å². The van der Waals surface area contributed by atoms with Crippen LogP contribution in [0.3, 0.4) is 0 Å². The Labute approximate surface area is 141 Å². The second kappa shape index (κ2) is 6.55. The van der Waals surface area contributed by atoms with E-state index in [0.717, 1.165) is 23.4 Å². The quantitative estimate of drug-likeness (QED) is 0.936. The molecule has 24 heavy (non-hydrogen) atoms. The number of carbonyl (C=O) groups excluding carboxylic acids is 1. The predicted molar refractivity (Wildman–Crippen MR) is 90.7 cm³/mol. The van der Waals surface area contributed by atoms with Crippen LogP contribution >= 0.6 is 0 Å². The first-order chi connectivity index (χ1) is 11.5. The van der Waals surface area contributed by atoms with Crippen molar-refractivity contribution in [1.29, 1.82) is 0 Å². The minimum Gasteiger partial charge on any atom is -0.493 e. The van der Waals surface area contributed by atoms with Crippen molar-refractivity contribution < 1.29 is 14.3 Å². The summed E-state index contributed by atoms with van der Waals surface area (Å²) in [4.78, 5) is 14.5. The molecule has 6 heteroatoms. The number of H-pyrrole nitrogens is 1. The Morgan fingerprint density at radius 3 is 2.42 bits per heavy atom. The molecule has 1 aliphatic heterocycles. The fraction of sp³-hybridized carbons (Fsp3) is 0.444. The number of rotatable bonds is 4. The average Bonchev–Trinajstić information content (AvgIpc) is 3.09. The summed E-state index contributed by atoms with van der Waals surface area (Å²) in [5, 5.41) is 7.11. The van der Waals surface area contributed by atoms with Crippen LogP contribution in [0.25, 0.3) is 0 Å². The molecule has 0 bridgehead atoms. The van der Waals surface area contributed by atoms with E-state index in [0.29, 0.717) is 30.5 Å². The number of ether oxygens (including phenoxy) is 2. The lowest BCUT2D eigenvalue weighted by molar-refractivity contribution is 0.0728. The lowest BCUT2D eigenvalue weighted by Crippen LogP contribution is -2.36. The zero-order valence-electron chi connectivity index (χ0n) is 14.5. The Morgan fingerprint density at radius 2 is 1.83 bits per heavy atom. The van der Waals surface area contributed by atoms with Gasteiger partial charge in [-0.25, -0.2) is 0 Å². The van der Waals surface area contributed by atoms with E-state index in [2.05, 4.69) is 24.0 Å². The van der Waals surface area contributed by atoms with Crippen molar-refractivity contribution in [2.75, 3.05) is 20.8 Å². The summed E-state index contributed by atoms with van der Waals surface area (Å²) in [6.07, 6.45) is 0.795. The lowest BCUT2D eigenvalue weighted by atomic mass is 9.98. The highest BCUT2D eigenvalue weighted by Crippen LogP contribution is 2.33. The van der Waals surface area contributed by atoms with E-state index in [9.17, 15) is 4.79 Å². The normalized spacial score (nSPS) is 13.8. The average molecular weight is 329 g/mol. The van der Waals surface area contributed by atoms with E-state index in [1.165, 1.54) is 5.56 Å². The van der Waals surface area contributed by atoms with Gasteiger partial charge in [0.15, 0.2) is 11.5 Å². The zero-order chi connectivity index (χ0) is 17.3. The third-order valence-corrected chi connectivity index (χ3v) is 4.44. The van der Waals surface area contributed by atoms with Gasteiger partial charge in [0.25, 0.3) is 5.91 Å². The summed E-state index contributed by atoms with van der Waals surface area (Å²) in [6, 6.07) is 5.80. The molecule has 0 unspecified atom stereocenters. The van der Waals surface area contributed by atoms with E-state index >= 15 is 0 Å². The second-order valence-electron chi connectivity index (χ2n) is 6.32. The van der Waals surface area contributed by atoms with Gasteiger partial charge in [0.1, 0.15) is 5.69 Å². The Bertz CT molecular complexity index is 752. The summed E-state index contributed by atoms with van der Waals surface area (Å²) in [6.45, 7) is 5.36. The first kappa shape index (κ1) is 16.4. The fourth-order valence-electron chi connectivity index (χ4n) is 2.96. The van der Waals surface area contributed by atoms with E-state index in [4.69, 9.17) is 9.47 Å². The van der Waals surface area contributed by atoms with Crippen molar-refractivity contribution in [1.82, 2.24) is 15.1 Å². The number of nitrogens with zero attached hydrogens (tertiary/aromatic N) is 2. The molecule has 0 saturated carbocycles. The van der Waals surface area contributed by atoms with Crippen LogP contribution in [0.4, 0.5) is 0 Å². The molecule has 1 aromatic carbocycles. The van der Waals surface area contributed by atoms with Crippen LogP contribution in [-0.4, -0.2) is 41.8 Å². The van der Waals surface area contributed by atoms with E-state index < -0.39 is 0 Å². The van der Waals surface area contributed by atoms with E-state index in [1.807, 2.05) is 23.1 Å². The number of benzene rings is 1. The van der Waals surface area contributed by atoms with Crippen LogP contribution < -0.4 is 9.47 Å². The monoisotopic (exact) mass is 329 g/mol. The van der Waals surface area contributed by atoms with Crippen LogP contribution in [0, 0.1) is 0 Å². The molecule has 1 aromatic heterocycles. The molecule has 3 rings (SSSR count). The fourth-order valence-corrected chi connectivity index (χ4v) is 2.96. The highest BCUT2D eigenvalue weighted by atomic mass is 16.5. The third-order valence-electron chi connectivity index (χ3n) is 4.44. The standard InChI is InChI=1S/C18H23N3O3/c1-11(2)14-9-15(20-19-14)18(22)21-6-5-12-7-16(23-3)17(24-4)8-13(12)10-21/h7-9,11H,5-6,10H2,1-4H3,(H,19,20). The van der Waals surface area contributed by atoms with Crippen molar-refractivity contribution in [3.05, 3.63) is 40.7 Å². The predicted octanol–water partition coefficient (Wildman–Crippen LogP) is 2.75. The van der Waals surface area contributed by atoms with Crippen LogP contribution in [0.2, 0.25) is 0 Å². The van der Waals surface area contributed by atoms with Gasteiger partial charge in [0.2, 0.25) is 0 Å². The molecule has 0 radical (unpaired) electrons. The summed E-state index contributed by atoms with van der Waals surface area (Å²) in [5.41, 5.74) is 3.73. The first-order valence-electron chi connectivity index (χ1n) is 8.11. The maximum atomic E-state index is 12.7. The van der Waals surface area contributed by atoms with Crippen molar-refractivity contribution in [3.8, 4) is 11.5 Å². The van der Waals surface area contributed by atoms with E-state index in [1.54, 1.807) is 14.2 Å². The van der Waals surface area contributed by atoms with Crippen molar-refractivity contribution in [3.63, 3.8) is 0 Å². The molecule has 128 valence electrons. The first-order valence-corrected chi connectivity index (χ1v) is 8.11. The van der Waals surface area contributed by atoms with Gasteiger partial charge in [0, 0.05) is 18.8 Å². The van der Waals surface area contributed by atoms with E-state index in [-0.39, 0.29) is 5.91 Å². The van der Waals surface area contributed by atoms with Gasteiger partial charge < -0.3 is 14.4 Å². The maximum Gasteiger partial charge on any atom is 0.274 e. The number of fused-ring (bicyclic) bond motifs is 1.